The first-order valence-corrected chi connectivity index (χ1v) is 6.45. The molecular formula is C15H16N4O. The van der Waals surface area contributed by atoms with Crippen molar-refractivity contribution in [2.24, 2.45) is 0 Å². The van der Waals surface area contributed by atoms with Crippen molar-refractivity contribution >= 4 is 22.4 Å². The van der Waals surface area contributed by atoms with E-state index in [9.17, 15) is 0 Å². The van der Waals surface area contributed by atoms with Gasteiger partial charge in [0.15, 0.2) is 0 Å². The third kappa shape index (κ3) is 2.30. The Labute approximate surface area is 116 Å². The molecule has 0 aliphatic carbocycles. The van der Waals surface area contributed by atoms with Gasteiger partial charge in [0.2, 0.25) is 0 Å². The first-order valence-electron chi connectivity index (χ1n) is 6.45. The van der Waals surface area contributed by atoms with E-state index in [-0.39, 0.29) is 0 Å². The molecule has 5 heteroatoms. The lowest BCUT2D eigenvalue weighted by Gasteiger charge is -2.07. The second-order valence-corrected chi connectivity index (χ2v) is 4.80. The number of pyridine rings is 1. The summed E-state index contributed by atoms with van der Waals surface area (Å²) < 4.78 is 5.14. The summed E-state index contributed by atoms with van der Waals surface area (Å²) in [6.07, 6.45) is 0. The van der Waals surface area contributed by atoms with Crippen molar-refractivity contribution in [2.75, 3.05) is 11.1 Å². The standard InChI is InChI=1S/C15H16N4O/c1-9-13(10(2)20-19-9)8-17-15-6-3-11-7-12(16)4-5-14(11)18-15/h3-7H,8,16H2,1-2H3,(H,17,18). The highest BCUT2D eigenvalue weighted by atomic mass is 16.5. The highest BCUT2D eigenvalue weighted by molar-refractivity contribution is 5.83. The van der Waals surface area contributed by atoms with Gasteiger partial charge in [0, 0.05) is 23.2 Å². The van der Waals surface area contributed by atoms with Crippen molar-refractivity contribution in [2.45, 2.75) is 20.4 Å². The number of aryl methyl sites for hydroxylation is 2. The van der Waals surface area contributed by atoms with Gasteiger partial charge in [-0.15, -0.1) is 0 Å². The number of nitrogen functional groups attached to an aromatic ring is 1. The molecule has 0 unspecified atom stereocenters. The average Bonchev–Trinajstić information content (AvgIpc) is 2.76. The molecule has 3 rings (SSSR count). The van der Waals surface area contributed by atoms with Crippen LogP contribution in [0.5, 0.6) is 0 Å². The smallest absolute Gasteiger partial charge is 0.138 e. The second kappa shape index (κ2) is 4.85. The van der Waals surface area contributed by atoms with E-state index < -0.39 is 0 Å². The Bertz CT molecular complexity index is 744. The van der Waals surface area contributed by atoms with Crippen LogP contribution in [0.4, 0.5) is 11.5 Å². The number of nitrogens with one attached hydrogen (secondary N) is 1. The van der Waals surface area contributed by atoms with Crippen LogP contribution in [0.2, 0.25) is 0 Å². The maximum Gasteiger partial charge on any atom is 0.138 e. The van der Waals surface area contributed by atoms with E-state index in [0.29, 0.717) is 6.54 Å². The van der Waals surface area contributed by atoms with Crippen molar-refractivity contribution in [1.82, 2.24) is 10.1 Å². The number of nitrogens with zero attached hydrogens (tertiary/aromatic N) is 2. The van der Waals surface area contributed by atoms with Crippen molar-refractivity contribution in [1.29, 1.82) is 0 Å². The van der Waals surface area contributed by atoms with Gasteiger partial charge in [0.1, 0.15) is 11.6 Å². The maximum atomic E-state index is 5.76. The highest BCUT2D eigenvalue weighted by Crippen LogP contribution is 2.19. The number of hydrogen-bond acceptors (Lipinski definition) is 5. The Kier molecular flexibility index (Phi) is 3.02. The molecule has 0 amide bonds. The monoisotopic (exact) mass is 268 g/mol. The molecule has 0 atom stereocenters. The van der Waals surface area contributed by atoms with Crippen LogP contribution < -0.4 is 11.1 Å². The molecule has 0 radical (unpaired) electrons. The Hall–Kier alpha value is -2.56. The Morgan fingerprint density at radius 2 is 2.05 bits per heavy atom. The van der Waals surface area contributed by atoms with Crippen LogP contribution in [-0.2, 0) is 6.54 Å². The topological polar surface area (TPSA) is 77.0 Å². The number of nitrogens with two attached hydrogens (primary N) is 1. The van der Waals surface area contributed by atoms with E-state index in [4.69, 9.17) is 10.3 Å². The predicted molar refractivity (Wildman–Crippen MR) is 79.5 cm³/mol. The fraction of sp³-hybridized carbons (Fsp3) is 0.200. The van der Waals surface area contributed by atoms with Crippen molar-refractivity contribution < 1.29 is 4.52 Å². The summed E-state index contributed by atoms with van der Waals surface area (Å²) in [6, 6.07) is 9.65. The van der Waals surface area contributed by atoms with Gasteiger partial charge in [-0.05, 0) is 44.2 Å². The van der Waals surface area contributed by atoms with E-state index in [1.54, 1.807) is 0 Å². The molecule has 0 aliphatic heterocycles. The number of rotatable bonds is 3. The van der Waals surface area contributed by atoms with Crippen LogP contribution in [0.1, 0.15) is 17.0 Å². The molecule has 102 valence electrons. The summed E-state index contributed by atoms with van der Waals surface area (Å²) in [6.45, 7) is 4.49. The number of hydrogen-bond donors (Lipinski definition) is 2. The number of anilines is 2. The van der Waals surface area contributed by atoms with Gasteiger partial charge < -0.3 is 15.6 Å². The van der Waals surface area contributed by atoms with Crippen molar-refractivity contribution in [3.8, 4) is 0 Å². The van der Waals surface area contributed by atoms with Crippen LogP contribution in [-0.4, -0.2) is 10.1 Å². The van der Waals surface area contributed by atoms with Crippen LogP contribution in [0.15, 0.2) is 34.9 Å². The lowest BCUT2D eigenvalue weighted by Crippen LogP contribution is -2.03. The SMILES string of the molecule is Cc1noc(C)c1CNc1ccc2cc(N)ccc2n1. The predicted octanol–water partition coefficient (Wildman–Crippen LogP) is 3.03. The van der Waals surface area contributed by atoms with Gasteiger partial charge in [0.05, 0.1) is 11.2 Å². The molecular weight excluding hydrogens is 252 g/mol. The van der Waals surface area contributed by atoms with Crippen LogP contribution in [0.25, 0.3) is 10.9 Å². The fourth-order valence-electron chi connectivity index (χ4n) is 2.18. The normalized spacial score (nSPS) is 10.9. The second-order valence-electron chi connectivity index (χ2n) is 4.80. The first kappa shape index (κ1) is 12.5. The minimum atomic E-state index is 0.647. The molecule has 0 saturated heterocycles. The van der Waals surface area contributed by atoms with E-state index in [0.717, 1.165) is 39.4 Å². The van der Waals surface area contributed by atoms with E-state index in [2.05, 4.69) is 15.5 Å². The van der Waals surface area contributed by atoms with Gasteiger partial charge in [-0.2, -0.15) is 0 Å². The minimum Gasteiger partial charge on any atom is -0.399 e. The zero-order chi connectivity index (χ0) is 14.1. The summed E-state index contributed by atoms with van der Waals surface area (Å²) in [7, 11) is 0. The van der Waals surface area contributed by atoms with Crippen LogP contribution in [0.3, 0.4) is 0 Å². The molecule has 1 aromatic carbocycles. The van der Waals surface area contributed by atoms with Crippen molar-refractivity contribution in [3.05, 3.63) is 47.3 Å². The molecule has 3 aromatic rings. The van der Waals surface area contributed by atoms with Gasteiger partial charge in [-0.1, -0.05) is 5.16 Å². The molecule has 5 nitrogen and oxygen atoms in total. The maximum absolute atomic E-state index is 5.76. The molecule has 0 fully saturated rings. The summed E-state index contributed by atoms with van der Waals surface area (Å²) in [4.78, 5) is 4.56. The van der Waals surface area contributed by atoms with Crippen LogP contribution in [0, 0.1) is 13.8 Å². The van der Waals surface area contributed by atoms with Crippen molar-refractivity contribution in [3.63, 3.8) is 0 Å². The first-order chi connectivity index (χ1) is 9.63. The summed E-state index contributed by atoms with van der Waals surface area (Å²) in [5.74, 6) is 1.66. The minimum absolute atomic E-state index is 0.647. The quantitative estimate of drug-likeness (QED) is 0.714. The van der Waals surface area contributed by atoms with E-state index in [1.165, 1.54) is 0 Å². The fourth-order valence-corrected chi connectivity index (χ4v) is 2.18. The Morgan fingerprint density at radius 1 is 1.20 bits per heavy atom. The molecule has 2 aromatic heterocycles. The molecule has 0 saturated carbocycles. The third-order valence-corrected chi connectivity index (χ3v) is 3.34. The Morgan fingerprint density at radius 3 is 2.80 bits per heavy atom. The largest absolute Gasteiger partial charge is 0.399 e. The van der Waals surface area contributed by atoms with Gasteiger partial charge in [0.25, 0.3) is 0 Å². The van der Waals surface area contributed by atoms with E-state index >= 15 is 0 Å². The average molecular weight is 268 g/mol. The number of fused-ring (bicyclic) bond motifs is 1. The molecule has 0 spiro atoms. The van der Waals surface area contributed by atoms with Gasteiger partial charge in [-0.25, -0.2) is 4.98 Å². The lowest BCUT2D eigenvalue weighted by molar-refractivity contribution is 0.392. The van der Waals surface area contributed by atoms with Gasteiger partial charge in [-0.3, -0.25) is 0 Å². The summed E-state index contributed by atoms with van der Waals surface area (Å²) in [5, 5.41) is 8.27. The molecule has 0 bridgehead atoms. The van der Waals surface area contributed by atoms with E-state index in [1.807, 2.05) is 44.2 Å². The third-order valence-electron chi connectivity index (χ3n) is 3.34. The van der Waals surface area contributed by atoms with Crippen LogP contribution >= 0.6 is 0 Å². The zero-order valence-electron chi connectivity index (χ0n) is 11.5. The Balaban J connectivity index is 1.83. The highest BCUT2D eigenvalue weighted by Gasteiger charge is 2.08. The molecule has 3 N–H and O–H groups in total. The summed E-state index contributed by atoms with van der Waals surface area (Å²) in [5.41, 5.74) is 9.40. The molecule has 2 heterocycles. The summed E-state index contributed by atoms with van der Waals surface area (Å²) >= 11 is 0. The number of aromatic nitrogens is 2. The van der Waals surface area contributed by atoms with Gasteiger partial charge >= 0.3 is 0 Å². The molecule has 0 aliphatic rings. The lowest BCUT2D eigenvalue weighted by atomic mass is 10.2. The molecule has 20 heavy (non-hydrogen) atoms. The zero-order valence-corrected chi connectivity index (χ0v) is 11.5. The number of benzene rings is 1.